The van der Waals surface area contributed by atoms with Gasteiger partial charge in [0.2, 0.25) is 0 Å². The van der Waals surface area contributed by atoms with Gasteiger partial charge < -0.3 is 4.74 Å². The van der Waals surface area contributed by atoms with Gasteiger partial charge in [-0.3, -0.25) is 0 Å². The predicted molar refractivity (Wildman–Crippen MR) is 105 cm³/mol. The minimum Gasteiger partial charge on any atom is -0.463 e. The van der Waals surface area contributed by atoms with Gasteiger partial charge >= 0.3 is 5.97 Å². The number of ether oxygens (including phenoxy) is 1. The Morgan fingerprint density at radius 2 is 1.52 bits per heavy atom. The first-order valence-electron chi connectivity index (χ1n) is 11.1. The number of rotatable bonds is 9. The lowest BCUT2D eigenvalue weighted by Gasteiger charge is -2.37. The second-order valence-electron chi connectivity index (χ2n) is 8.48. The highest BCUT2D eigenvalue weighted by Crippen LogP contribution is 2.42. The summed E-state index contributed by atoms with van der Waals surface area (Å²) < 4.78 is 5.12. The minimum absolute atomic E-state index is 0.162. The van der Waals surface area contributed by atoms with Crippen LogP contribution < -0.4 is 0 Å². The third kappa shape index (κ3) is 7.54. The molecule has 2 aliphatic rings. The Balaban J connectivity index is 1.62. The summed E-state index contributed by atoms with van der Waals surface area (Å²) in [6.45, 7) is 4.87. The van der Waals surface area contributed by atoms with Crippen LogP contribution in [0.5, 0.6) is 0 Å². The molecule has 0 spiro atoms. The number of hydrogen-bond acceptors (Lipinski definition) is 2. The molecule has 2 rings (SSSR count). The first-order chi connectivity index (χ1) is 12.2. The molecule has 0 radical (unpaired) electrons. The van der Waals surface area contributed by atoms with E-state index in [1.54, 1.807) is 6.08 Å². The summed E-state index contributed by atoms with van der Waals surface area (Å²) in [4.78, 5) is 11.6. The molecule has 2 nitrogen and oxygen atoms in total. The molecule has 2 heteroatoms. The summed E-state index contributed by atoms with van der Waals surface area (Å²) in [5, 5.41) is 0. The number of carbonyl (C=O) groups excluding carboxylic acids is 1. The van der Waals surface area contributed by atoms with Gasteiger partial charge in [0, 0.05) is 6.08 Å². The lowest BCUT2D eigenvalue weighted by atomic mass is 9.68. The minimum atomic E-state index is -0.162. The van der Waals surface area contributed by atoms with E-state index in [-0.39, 0.29) is 5.97 Å². The van der Waals surface area contributed by atoms with Crippen LogP contribution in [-0.2, 0) is 9.53 Å². The number of carbonyl (C=O) groups is 1. The first-order valence-corrected chi connectivity index (χ1v) is 11.1. The first kappa shape index (κ1) is 20.5. The monoisotopic (exact) mass is 348 g/mol. The molecule has 0 N–H and O–H groups in total. The average molecular weight is 349 g/mol. The highest BCUT2D eigenvalue weighted by Gasteiger charge is 2.30. The van der Waals surface area contributed by atoms with Gasteiger partial charge in [0.1, 0.15) is 0 Å². The molecule has 2 saturated carbocycles. The van der Waals surface area contributed by atoms with Crippen LogP contribution in [0.2, 0.25) is 0 Å². The Morgan fingerprint density at radius 1 is 0.880 bits per heavy atom. The Hall–Kier alpha value is -0.790. The van der Waals surface area contributed by atoms with Gasteiger partial charge in [-0.05, 0) is 68.6 Å². The molecule has 0 aromatic carbocycles. The molecule has 25 heavy (non-hydrogen) atoms. The molecule has 0 heterocycles. The lowest BCUT2D eigenvalue weighted by molar-refractivity contribution is -0.137. The van der Waals surface area contributed by atoms with E-state index in [0.29, 0.717) is 12.5 Å². The Labute approximate surface area is 155 Å². The summed E-state index contributed by atoms with van der Waals surface area (Å²) >= 11 is 0. The highest BCUT2D eigenvalue weighted by atomic mass is 16.5. The van der Waals surface area contributed by atoms with Crippen molar-refractivity contribution in [1.82, 2.24) is 0 Å². The van der Waals surface area contributed by atoms with Crippen molar-refractivity contribution < 1.29 is 9.53 Å². The molecule has 0 aromatic rings. The fraction of sp³-hybridized carbons (Fsp3) is 0.870. The quantitative estimate of drug-likeness (QED) is 0.263. The van der Waals surface area contributed by atoms with E-state index in [9.17, 15) is 4.79 Å². The van der Waals surface area contributed by atoms with E-state index in [1.807, 2.05) is 6.92 Å². The SMILES string of the molecule is CCCCCC1CCC(C2CCC(/C=C/C(=O)OCCC)CC2)CC1. The highest BCUT2D eigenvalue weighted by molar-refractivity contribution is 5.81. The van der Waals surface area contributed by atoms with Crippen molar-refractivity contribution in [2.45, 2.75) is 97.3 Å². The van der Waals surface area contributed by atoms with Gasteiger partial charge in [-0.25, -0.2) is 4.79 Å². The van der Waals surface area contributed by atoms with Crippen LogP contribution in [0.3, 0.4) is 0 Å². The van der Waals surface area contributed by atoms with Crippen molar-refractivity contribution in [2.24, 2.45) is 23.7 Å². The molecule has 0 atom stereocenters. The van der Waals surface area contributed by atoms with E-state index in [1.165, 1.54) is 77.0 Å². The second-order valence-corrected chi connectivity index (χ2v) is 8.48. The maximum absolute atomic E-state index is 11.6. The maximum Gasteiger partial charge on any atom is 0.330 e. The maximum atomic E-state index is 11.6. The van der Waals surface area contributed by atoms with Crippen molar-refractivity contribution in [3.8, 4) is 0 Å². The standard InChI is InChI=1S/C23H40O2/c1-3-5-6-7-19-8-13-21(14-9-19)22-15-10-20(11-16-22)12-17-23(24)25-18-4-2/h12,17,19-22H,3-11,13-16,18H2,1-2H3/b17-12+. The van der Waals surface area contributed by atoms with Crippen LogP contribution in [0.4, 0.5) is 0 Å². The lowest BCUT2D eigenvalue weighted by Crippen LogP contribution is -2.25. The molecule has 0 unspecified atom stereocenters. The van der Waals surface area contributed by atoms with Crippen LogP contribution in [0.1, 0.15) is 97.3 Å². The normalized spacial score (nSPS) is 30.5. The summed E-state index contributed by atoms with van der Waals surface area (Å²) in [7, 11) is 0. The number of hydrogen-bond donors (Lipinski definition) is 0. The molecule has 2 aliphatic carbocycles. The van der Waals surface area contributed by atoms with E-state index >= 15 is 0 Å². The Morgan fingerprint density at radius 3 is 2.12 bits per heavy atom. The van der Waals surface area contributed by atoms with E-state index in [2.05, 4.69) is 13.0 Å². The topological polar surface area (TPSA) is 26.3 Å². The largest absolute Gasteiger partial charge is 0.463 e. The van der Waals surface area contributed by atoms with Crippen molar-refractivity contribution >= 4 is 5.97 Å². The third-order valence-electron chi connectivity index (χ3n) is 6.54. The zero-order valence-electron chi connectivity index (χ0n) is 16.7. The smallest absolute Gasteiger partial charge is 0.330 e. The summed E-state index contributed by atoms with van der Waals surface area (Å²) in [6, 6.07) is 0. The molecule has 0 aromatic heterocycles. The van der Waals surface area contributed by atoms with Gasteiger partial charge in [0.25, 0.3) is 0 Å². The second kappa shape index (κ2) is 11.8. The van der Waals surface area contributed by atoms with Crippen molar-refractivity contribution in [3.05, 3.63) is 12.2 Å². The van der Waals surface area contributed by atoms with Crippen LogP contribution in [-0.4, -0.2) is 12.6 Å². The molecule has 0 amide bonds. The number of esters is 1. The van der Waals surface area contributed by atoms with E-state index in [4.69, 9.17) is 4.74 Å². The zero-order chi connectivity index (χ0) is 17.9. The Bertz CT molecular complexity index is 385. The fourth-order valence-electron chi connectivity index (χ4n) is 4.91. The molecule has 144 valence electrons. The van der Waals surface area contributed by atoms with Gasteiger partial charge in [0.05, 0.1) is 6.61 Å². The molecular weight excluding hydrogens is 308 g/mol. The van der Waals surface area contributed by atoms with Crippen LogP contribution in [0, 0.1) is 23.7 Å². The molecule has 0 aliphatic heterocycles. The summed E-state index contributed by atoms with van der Waals surface area (Å²) in [5.74, 6) is 3.40. The average Bonchev–Trinajstić information content (AvgIpc) is 2.66. The fourth-order valence-corrected chi connectivity index (χ4v) is 4.91. The third-order valence-corrected chi connectivity index (χ3v) is 6.54. The summed E-state index contributed by atoms with van der Waals surface area (Å²) in [5.41, 5.74) is 0. The van der Waals surface area contributed by atoms with Crippen LogP contribution >= 0.6 is 0 Å². The van der Waals surface area contributed by atoms with Crippen molar-refractivity contribution in [2.75, 3.05) is 6.61 Å². The molecular formula is C23H40O2. The van der Waals surface area contributed by atoms with Crippen LogP contribution in [0.25, 0.3) is 0 Å². The molecule has 0 bridgehead atoms. The summed E-state index contributed by atoms with van der Waals surface area (Å²) in [6.07, 6.45) is 21.5. The van der Waals surface area contributed by atoms with Gasteiger partial charge in [0.15, 0.2) is 0 Å². The Kier molecular flexibility index (Phi) is 9.65. The van der Waals surface area contributed by atoms with E-state index in [0.717, 1.165) is 24.2 Å². The van der Waals surface area contributed by atoms with Gasteiger partial charge in [-0.1, -0.05) is 58.4 Å². The number of unbranched alkanes of at least 4 members (excludes halogenated alkanes) is 2. The molecule has 2 fully saturated rings. The van der Waals surface area contributed by atoms with E-state index < -0.39 is 0 Å². The van der Waals surface area contributed by atoms with Crippen LogP contribution in [0.15, 0.2) is 12.2 Å². The predicted octanol–water partition coefficient (Wildman–Crippen LogP) is 6.69. The van der Waals surface area contributed by atoms with Crippen molar-refractivity contribution in [1.29, 1.82) is 0 Å². The number of allylic oxidation sites excluding steroid dienone is 1. The van der Waals surface area contributed by atoms with Gasteiger partial charge in [-0.2, -0.15) is 0 Å². The van der Waals surface area contributed by atoms with Gasteiger partial charge in [-0.15, -0.1) is 0 Å². The van der Waals surface area contributed by atoms with Crippen molar-refractivity contribution in [3.63, 3.8) is 0 Å². The molecule has 0 saturated heterocycles. The zero-order valence-corrected chi connectivity index (χ0v) is 16.7.